The van der Waals surface area contributed by atoms with Gasteiger partial charge in [0, 0.05) is 44.5 Å². The number of hydrogen-bond donors (Lipinski definition) is 1. The first-order chi connectivity index (χ1) is 15.0. The molecule has 166 valence electrons. The zero-order valence-corrected chi connectivity index (χ0v) is 18.2. The van der Waals surface area contributed by atoms with Gasteiger partial charge in [-0.1, -0.05) is 0 Å². The molecule has 8 heteroatoms. The lowest BCUT2D eigenvalue weighted by Gasteiger charge is -2.24. The maximum absolute atomic E-state index is 13.1. The first-order valence-corrected chi connectivity index (χ1v) is 10.3. The number of amides is 2. The summed E-state index contributed by atoms with van der Waals surface area (Å²) in [5.41, 5.74) is 1.65. The van der Waals surface area contributed by atoms with Crippen LogP contribution in [-0.2, 0) is 4.79 Å². The van der Waals surface area contributed by atoms with Crippen molar-refractivity contribution in [2.24, 2.45) is 0 Å². The Morgan fingerprint density at radius 3 is 2.39 bits per heavy atom. The van der Waals surface area contributed by atoms with E-state index < -0.39 is 0 Å². The van der Waals surface area contributed by atoms with Crippen LogP contribution in [0.5, 0.6) is 17.2 Å². The Balaban J connectivity index is 1.66. The van der Waals surface area contributed by atoms with Crippen LogP contribution < -0.4 is 24.4 Å². The summed E-state index contributed by atoms with van der Waals surface area (Å²) in [6.45, 7) is 2.83. The lowest BCUT2D eigenvalue weighted by atomic mass is 10.1. The second kappa shape index (κ2) is 10.6. The summed E-state index contributed by atoms with van der Waals surface area (Å²) in [6.07, 6.45) is 0.877. The summed E-state index contributed by atoms with van der Waals surface area (Å²) < 4.78 is 16.1. The van der Waals surface area contributed by atoms with Crippen LogP contribution >= 0.6 is 0 Å². The number of benzene rings is 2. The van der Waals surface area contributed by atoms with E-state index in [9.17, 15) is 9.59 Å². The third-order valence-corrected chi connectivity index (χ3v) is 5.27. The molecular formula is C23H29N3O5. The molecule has 0 aromatic heterocycles. The molecule has 1 heterocycles. The number of carbonyl (C=O) groups excluding carboxylic acids is 2. The van der Waals surface area contributed by atoms with Crippen molar-refractivity contribution in [2.75, 3.05) is 59.0 Å². The van der Waals surface area contributed by atoms with E-state index in [0.29, 0.717) is 30.2 Å². The molecule has 2 amide bonds. The van der Waals surface area contributed by atoms with Crippen LogP contribution in [0.25, 0.3) is 0 Å². The van der Waals surface area contributed by atoms with Crippen LogP contribution in [0.2, 0.25) is 0 Å². The highest BCUT2D eigenvalue weighted by atomic mass is 16.5. The zero-order chi connectivity index (χ0) is 22.2. The minimum atomic E-state index is -0.242. The van der Waals surface area contributed by atoms with Crippen LogP contribution in [-0.4, -0.2) is 70.8 Å². The second-order valence-electron chi connectivity index (χ2n) is 7.16. The molecule has 0 bridgehead atoms. The monoisotopic (exact) mass is 427 g/mol. The Morgan fingerprint density at radius 1 is 0.935 bits per heavy atom. The van der Waals surface area contributed by atoms with Gasteiger partial charge in [-0.2, -0.15) is 0 Å². The predicted molar refractivity (Wildman–Crippen MR) is 118 cm³/mol. The lowest BCUT2D eigenvalue weighted by molar-refractivity contribution is -0.122. The van der Waals surface area contributed by atoms with Crippen molar-refractivity contribution in [3.8, 4) is 17.2 Å². The van der Waals surface area contributed by atoms with E-state index in [1.807, 2.05) is 29.2 Å². The van der Waals surface area contributed by atoms with Gasteiger partial charge in [-0.25, -0.2) is 0 Å². The summed E-state index contributed by atoms with van der Waals surface area (Å²) in [7, 11) is 4.71. The second-order valence-corrected chi connectivity index (χ2v) is 7.16. The molecule has 0 aliphatic carbocycles. The minimum Gasteiger partial charge on any atom is -0.497 e. The number of methoxy groups -OCH3 is 2. The average molecular weight is 428 g/mol. The normalized spacial score (nSPS) is 13.9. The van der Waals surface area contributed by atoms with Crippen molar-refractivity contribution < 1.29 is 23.8 Å². The van der Waals surface area contributed by atoms with Crippen molar-refractivity contribution in [1.82, 2.24) is 10.2 Å². The number of rotatable bonds is 7. The van der Waals surface area contributed by atoms with Crippen LogP contribution in [0.15, 0.2) is 42.5 Å². The van der Waals surface area contributed by atoms with Crippen LogP contribution in [0.1, 0.15) is 16.8 Å². The van der Waals surface area contributed by atoms with Crippen LogP contribution in [0.4, 0.5) is 5.69 Å². The van der Waals surface area contributed by atoms with Gasteiger partial charge in [0.15, 0.2) is 18.1 Å². The molecule has 31 heavy (non-hydrogen) atoms. The fourth-order valence-corrected chi connectivity index (χ4v) is 3.49. The number of nitrogens with one attached hydrogen (secondary N) is 1. The molecule has 0 saturated carbocycles. The quantitative estimate of drug-likeness (QED) is 0.730. The van der Waals surface area contributed by atoms with Crippen LogP contribution in [0.3, 0.4) is 0 Å². The Bertz CT molecular complexity index is 901. The largest absolute Gasteiger partial charge is 0.497 e. The first kappa shape index (κ1) is 22.3. The molecule has 1 N–H and O–H groups in total. The molecule has 1 saturated heterocycles. The summed E-state index contributed by atoms with van der Waals surface area (Å²) in [5, 5.41) is 2.50. The number of anilines is 1. The lowest BCUT2D eigenvalue weighted by Crippen LogP contribution is -2.35. The highest BCUT2D eigenvalue weighted by Gasteiger charge is 2.22. The van der Waals surface area contributed by atoms with Gasteiger partial charge in [-0.3, -0.25) is 9.59 Å². The molecule has 0 atom stereocenters. The standard InChI is InChI=1S/C23H29N3O5/c1-24-22(27)16-31-20-10-5-17(15-21(20)30-3)23(28)26-12-4-11-25(13-14-26)18-6-8-19(29-2)9-7-18/h5-10,15H,4,11-14,16H2,1-3H3,(H,24,27). The number of likely N-dealkylation sites (N-methyl/N-ethyl adjacent to an activating group) is 1. The third-order valence-electron chi connectivity index (χ3n) is 5.27. The summed E-state index contributed by atoms with van der Waals surface area (Å²) in [6, 6.07) is 13.0. The van der Waals surface area contributed by atoms with Gasteiger partial charge < -0.3 is 29.3 Å². The molecule has 1 aliphatic rings. The molecule has 0 radical (unpaired) electrons. The average Bonchev–Trinajstić information content (AvgIpc) is 3.08. The Hall–Kier alpha value is -3.42. The van der Waals surface area contributed by atoms with E-state index in [2.05, 4.69) is 10.2 Å². The molecule has 0 unspecified atom stereocenters. The summed E-state index contributed by atoms with van der Waals surface area (Å²) in [4.78, 5) is 28.7. The molecule has 1 aliphatic heterocycles. The van der Waals surface area contributed by atoms with E-state index in [1.54, 1.807) is 32.4 Å². The van der Waals surface area contributed by atoms with Crippen molar-refractivity contribution in [2.45, 2.75) is 6.42 Å². The topological polar surface area (TPSA) is 80.3 Å². The van der Waals surface area contributed by atoms with Gasteiger partial charge in [-0.15, -0.1) is 0 Å². The van der Waals surface area contributed by atoms with Crippen LogP contribution in [0, 0.1) is 0 Å². The third kappa shape index (κ3) is 5.59. The number of nitrogens with zero attached hydrogens (tertiary/aromatic N) is 2. The van der Waals surface area contributed by atoms with Gasteiger partial charge in [0.05, 0.1) is 14.2 Å². The van der Waals surface area contributed by atoms with Gasteiger partial charge in [0.2, 0.25) is 0 Å². The van der Waals surface area contributed by atoms with E-state index in [4.69, 9.17) is 14.2 Å². The van der Waals surface area contributed by atoms with E-state index >= 15 is 0 Å². The van der Waals surface area contributed by atoms with Crippen molar-refractivity contribution >= 4 is 17.5 Å². The fraction of sp³-hybridized carbons (Fsp3) is 0.391. The molecular weight excluding hydrogens is 398 g/mol. The van der Waals surface area contributed by atoms with Gasteiger partial charge in [-0.05, 0) is 48.9 Å². The van der Waals surface area contributed by atoms with Gasteiger partial charge >= 0.3 is 0 Å². The first-order valence-electron chi connectivity index (χ1n) is 10.3. The highest BCUT2D eigenvalue weighted by molar-refractivity contribution is 5.95. The van der Waals surface area contributed by atoms with Crippen molar-refractivity contribution in [3.63, 3.8) is 0 Å². The maximum Gasteiger partial charge on any atom is 0.257 e. The Morgan fingerprint density at radius 2 is 1.71 bits per heavy atom. The molecule has 2 aromatic carbocycles. The van der Waals surface area contributed by atoms with E-state index in [1.165, 1.54) is 7.11 Å². The SMILES string of the molecule is CNC(=O)COc1ccc(C(=O)N2CCCN(c3ccc(OC)cc3)CC2)cc1OC. The zero-order valence-electron chi connectivity index (χ0n) is 18.2. The molecule has 8 nitrogen and oxygen atoms in total. The van der Waals surface area contributed by atoms with E-state index in [0.717, 1.165) is 30.9 Å². The number of ether oxygens (including phenoxy) is 3. The summed E-state index contributed by atoms with van der Waals surface area (Å²) >= 11 is 0. The molecule has 2 aromatic rings. The highest BCUT2D eigenvalue weighted by Crippen LogP contribution is 2.29. The Kier molecular flexibility index (Phi) is 7.59. The van der Waals surface area contributed by atoms with Crippen molar-refractivity contribution in [3.05, 3.63) is 48.0 Å². The molecule has 0 spiro atoms. The Labute approximate surface area is 182 Å². The molecule has 3 rings (SSSR count). The minimum absolute atomic E-state index is 0.0484. The summed E-state index contributed by atoms with van der Waals surface area (Å²) in [5.74, 6) is 1.38. The smallest absolute Gasteiger partial charge is 0.257 e. The predicted octanol–water partition coefficient (Wildman–Crippen LogP) is 2.18. The maximum atomic E-state index is 13.1. The number of carbonyl (C=O) groups is 2. The fourth-order valence-electron chi connectivity index (χ4n) is 3.49. The van der Waals surface area contributed by atoms with Crippen molar-refractivity contribution in [1.29, 1.82) is 0 Å². The molecule has 1 fully saturated rings. The van der Waals surface area contributed by atoms with Gasteiger partial charge in [0.25, 0.3) is 11.8 Å². The van der Waals surface area contributed by atoms with Gasteiger partial charge in [0.1, 0.15) is 5.75 Å². The van der Waals surface area contributed by atoms with E-state index in [-0.39, 0.29) is 18.4 Å². The number of hydrogen-bond acceptors (Lipinski definition) is 6.